The van der Waals surface area contributed by atoms with Crippen molar-refractivity contribution >= 4 is 22.9 Å². The van der Waals surface area contributed by atoms with Gasteiger partial charge in [0.25, 0.3) is 0 Å². The van der Waals surface area contributed by atoms with E-state index in [1.165, 1.54) is 10.9 Å². The van der Waals surface area contributed by atoms with Crippen molar-refractivity contribution < 1.29 is 24.8 Å². The summed E-state index contributed by atoms with van der Waals surface area (Å²) in [5.74, 6) is 1.37. The number of nitrogens with one attached hydrogen (secondary N) is 1. The number of anilines is 2. The summed E-state index contributed by atoms with van der Waals surface area (Å²) in [5.41, 5.74) is 9.84. The Hall–Kier alpha value is -3.77. The summed E-state index contributed by atoms with van der Waals surface area (Å²) in [7, 11) is 0. The lowest BCUT2D eigenvalue weighted by atomic mass is 10.0. The highest BCUT2D eigenvalue weighted by molar-refractivity contribution is 5.84. The second-order valence-electron chi connectivity index (χ2n) is 9.60. The van der Waals surface area contributed by atoms with Gasteiger partial charge in [0.05, 0.1) is 13.2 Å². The van der Waals surface area contributed by atoms with Crippen LogP contribution in [0.4, 0.5) is 11.8 Å². The minimum atomic E-state index is -1.30. The van der Waals surface area contributed by atoms with Crippen LogP contribution in [0.2, 0.25) is 0 Å². The van der Waals surface area contributed by atoms with Gasteiger partial charge in [-0.25, -0.2) is 15.0 Å². The quantitative estimate of drug-likeness (QED) is 0.181. The van der Waals surface area contributed by atoms with Crippen LogP contribution in [0.25, 0.3) is 22.3 Å². The Balaban J connectivity index is 1.33. The molecule has 0 amide bonds. The zero-order valence-electron chi connectivity index (χ0n) is 21.8. The van der Waals surface area contributed by atoms with Gasteiger partial charge in [0.15, 0.2) is 23.2 Å². The first-order valence-corrected chi connectivity index (χ1v) is 13.2. The molecule has 1 aliphatic rings. The number of benzene rings is 2. The molecule has 1 saturated heterocycles. The van der Waals surface area contributed by atoms with Crippen LogP contribution in [0.15, 0.2) is 54.9 Å². The van der Waals surface area contributed by atoms with Crippen LogP contribution in [-0.2, 0) is 11.3 Å². The van der Waals surface area contributed by atoms with E-state index in [1.54, 1.807) is 0 Å². The topological polar surface area (TPSA) is 161 Å². The van der Waals surface area contributed by atoms with Crippen molar-refractivity contribution in [3.05, 3.63) is 60.4 Å². The van der Waals surface area contributed by atoms with Crippen molar-refractivity contribution in [1.29, 1.82) is 0 Å². The summed E-state index contributed by atoms with van der Waals surface area (Å²) in [5, 5.41) is 33.8. The molecule has 0 radical (unpaired) electrons. The van der Waals surface area contributed by atoms with Gasteiger partial charge in [-0.2, -0.15) is 0 Å². The van der Waals surface area contributed by atoms with Crippen LogP contribution in [-0.4, -0.2) is 66.4 Å². The number of aromatic nitrogens is 4. The van der Waals surface area contributed by atoms with Crippen LogP contribution in [0, 0.1) is 0 Å². The lowest BCUT2D eigenvalue weighted by molar-refractivity contribution is -0.0501. The van der Waals surface area contributed by atoms with Gasteiger partial charge in [-0.1, -0.05) is 56.2 Å². The Morgan fingerprint density at radius 2 is 1.87 bits per heavy atom. The minimum absolute atomic E-state index is 0.175. The largest absolute Gasteiger partial charge is 0.494 e. The number of hydrogen-bond donors (Lipinski definition) is 5. The van der Waals surface area contributed by atoms with Crippen molar-refractivity contribution in [1.82, 2.24) is 19.5 Å². The molecule has 4 aromatic rings. The molecule has 0 aliphatic carbocycles. The molecule has 0 unspecified atom stereocenters. The van der Waals surface area contributed by atoms with Crippen LogP contribution in [0.1, 0.15) is 38.0 Å². The van der Waals surface area contributed by atoms with Crippen molar-refractivity contribution in [3.8, 4) is 16.9 Å². The summed E-state index contributed by atoms with van der Waals surface area (Å²) in [6.07, 6.45) is 0.119. The van der Waals surface area contributed by atoms with Gasteiger partial charge in [0, 0.05) is 6.54 Å². The number of aliphatic hydroxyl groups excluding tert-OH is 3. The minimum Gasteiger partial charge on any atom is -0.494 e. The Labute approximate surface area is 226 Å². The molecule has 11 nitrogen and oxygen atoms in total. The molecule has 3 heterocycles. The summed E-state index contributed by atoms with van der Waals surface area (Å²) in [6.45, 7) is 2.85. The average molecular weight is 535 g/mol. The molecule has 1 fully saturated rings. The molecule has 2 aromatic carbocycles. The highest BCUT2D eigenvalue weighted by Gasteiger charge is 2.45. The summed E-state index contributed by atoms with van der Waals surface area (Å²) < 4.78 is 13.2. The van der Waals surface area contributed by atoms with E-state index in [1.807, 2.05) is 42.5 Å². The summed E-state index contributed by atoms with van der Waals surface area (Å²) >= 11 is 0. The predicted molar refractivity (Wildman–Crippen MR) is 147 cm³/mol. The molecule has 0 saturated carbocycles. The predicted octanol–water partition coefficient (Wildman–Crippen LogP) is 2.87. The maximum absolute atomic E-state index is 10.7. The monoisotopic (exact) mass is 534 g/mol. The molecule has 5 rings (SSSR count). The van der Waals surface area contributed by atoms with Crippen molar-refractivity contribution in [2.24, 2.45) is 0 Å². The van der Waals surface area contributed by atoms with Gasteiger partial charge >= 0.3 is 0 Å². The van der Waals surface area contributed by atoms with Gasteiger partial charge in [-0.05, 0) is 35.2 Å². The SMILES string of the molecule is CCCCCOc1cccc(-c2ccc(CNc3nc4c(N)ncnc4n3[C@@H]3O[C@H](CO)[C@@H](O)[C@H]3O)cc2)c1. The number of nitrogens with zero attached hydrogens (tertiary/aromatic N) is 4. The number of ether oxygens (including phenoxy) is 2. The molecule has 0 spiro atoms. The Morgan fingerprint density at radius 3 is 2.62 bits per heavy atom. The Bertz CT molecular complexity index is 1400. The van der Waals surface area contributed by atoms with Crippen LogP contribution in [0.5, 0.6) is 5.75 Å². The van der Waals surface area contributed by atoms with Gasteiger partial charge in [-0.15, -0.1) is 0 Å². The lowest BCUT2D eigenvalue weighted by Crippen LogP contribution is -2.33. The number of aliphatic hydroxyl groups is 3. The van der Waals surface area contributed by atoms with E-state index in [-0.39, 0.29) is 5.82 Å². The van der Waals surface area contributed by atoms with E-state index >= 15 is 0 Å². The lowest BCUT2D eigenvalue weighted by Gasteiger charge is -2.19. The van der Waals surface area contributed by atoms with Gasteiger partial charge < -0.3 is 35.8 Å². The maximum atomic E-state index is 10.7. The summed E-state index contributed by atoms with van der Waals surface area (Å²) in [4.78, 5) is 12.8. The van der Waals surface area contributed by atoms with Crippen molar-refractivity contribution in [2.45, 2.75) is 57.3 Å². The second-order valence-corrected chi connectivity index (χ2v) is 9.60. The van der Waals surface area contributed by atoms with E-state index in [0.29, 0.717) is 30.3 Å². The number of nitrogen functional groups attached to an aromatic ring is 1. The standard InChI is InChI=1S/C28H34N6O5/c1-2-3-4-12-38-20-7-5-6-19(13-20)18-10-8-17(9-11-18)14-30-28-33-22-25(29)31-16-32-26(22)34(28)27-24(37)23(36)21(15-35)39-27/h5-11,13,16,21,23-24,27,35-37H,2-4,12,14-15H2,1H3,(H,30,33)(H2,29,31,32)/t21-,23-,24-,27-/m1/s1. The average Bonchev–Trinajstić information content (AvgIpc) is 3.47. The van der Waals surface area contributed by atoms with Crippen LogP contribution >= 0.6 is 0 Å². The maximum Gasteiger partial charge on any atom is 0.207 e. The molecular weight excluding hydrogens is 500 g/mol. The molecular formula is C28H34N6O5. The van der Waals surface area contributed by atoms with E-state index in [4.69, 9.17) is 15.2 Å². The van der Waals surface area contributed by atoms with Crippen LogP contribution < -0.4 is 15.8 Å². The molecule has 206 valence electrons. The fraction of sp³-hybridized carbons (Fsp3) is 0.393. The summed E-state index contributed by atoms with van der Waals surface area (Å²) in [6, 6.07) is 16.2. The first-order valence-electron chi connectivity index (χ1n) is 13.2. The number of imidazole rings is 1. The molecule has 39 heavy (non-hydrogen) atoms. The van der Waals surface area contributed by atoms with E-state index in [0.717, 1.165) is 41.7 Å². The smallest absolute Gasteiger partial charge is 0.207 e. The van der Waals surface area contributed by atoms with Crippen molar-refractivity contribution in [2.75, 3.05) is 24.3 Å². The third-order valence-electron chi connectivity index (χ3n) is 6.87. The Morgan fingerprint density at radius 1 is 1.05 bits per heavy atom. The first kappa shape index (κ1) is 26.8. The molecule has 4 atom stereocenters. The fourth-order valence-electron chi connectivity index (χ4n) is 4.69. The van der Waals surface area contributed by atoms with Crippen molar-refractivity contribution in [3.63, 3.8) is 0 Å². The third-order valence-corrected chi connectivity index (χ3v) is 6.87. The second kappa shape index (κ2) is 12.0. The Kier molecular flexibility index (Phi) is 8.22. The number of unbranched alkanes of at least 4 members (excludes halogenated alkanes) is 2. The number of rotatable bonds is 11. The zero-order valence-corrected chi connectivity index (χ0v) is 21.8. The fourth-order valence-corrected chi connectivity index (χ4v) is 4.69. The number of fused-ring (bicyclic) bond motifs is 1. The molecule has 6 N–H and O–H groups in total. The normalized spacial score (nSPS) is 20.9. The van der Waals surface area contributed by atoms with E-state index in [9.17, 15) is 15.3 Å². The number of hydrogen-bond acceptors (Lipinski definition) is 10. The van der Waals surface area contributed by atoms with E-state index < -0.39 is 31.1 Å². The third kappa shape index (κ3) is 5.66. The molecule has 11 heteroatoms. The zero-order chi connectivity index (χ0) is 27.4. The van der Waals surface area contributed by atoms with Gasteiger partial charge in [0.1, 0.15) is 30.4 Å². The number of nitrogens with two attached hydrogens (primary N) is 1. The molecule has 2 aromatic heterocycles. The van der Waals surface area contributed by atoms with E-state index in [2.05, 4.69) is 33.3 Å². The van der Waals surface area contributed by atoms with Gasteiger partial charge in [-0.3, -0.25) is 4.57 Å². The first-order chi connectivity index (χ1) is 19.0. The highest BCUT2D eigenvalue weighted by atomic mass is 16.6. The van der Waals surface area contributed by atoms with Gasteiger partial charge in [0.2, 0.25) is 5.95 Å². The highest BCUT2D eigenvalue weighted by Crippen LogP contribution is 2.35. The molecule has 0 bridgehead atoms. The molecule has 1 aliphatic heterocycles. The van der Waals surface area contributed by atoms with Crippen LogP contribution in [0.3, 0.4) is 0 Å².